The molecule has 5 nitrogen and oxygen atoms in total. The maximum atomic E-state index is 13.3. The van der Waals surface area contributed by atoms with Gasteiger partial charge < -0.3 is 5.32 Å². The minimum Gasteiger partial charge on any atom is -0.347 e. The molecule has 1 aliphatic heterocycles. The molecule has 0 saturated heterocycles. The standard InChI is InChI=1S/C26H25BrN2O3/c1-26(2)25(31)28-22(16-24(30)19-11-7-4-8-12-19)21-14-13-20(27)15-23(21)29(26)32-17-18-9-5-3-6-10-18/h3-15,22H,16-17H2,1-2H3,(H,28,31)/t22-/m1/s1. The smallest absolute Gasteiger partial charge is 0.248 e. The number of carbonyl (C=O) groups excluding carboxylic acids is 2. The van der Waals surface area contributed by atoms with Gasteiger partial charge >= 0.3 is 0 Å². The maximum absolute atomic E-state index is 13.3. The monoisotopic (exact) mass is 492 g/mol. The number of nitrogens with zero attached hydrogens (tertiary/aromatic N) is 1. The fraction of sp³-hybridized carbons (Fsp3) is 0.231. The van der Waals surface area contributed by atoms with Crippen molar-refractivity contribution in [1.29, 1.82) is 0 Å². The Bertz CT molecular complexity index is 1120. The van der Waals surface area contributed by atoms with Crippen LogP contribution in [0.1, 0.15) is 47.8 Å². The summed E-state index contributed by atoms with van der Waals surface area (Å²) in [7, 11) is 0. The van der Waals surface area contributed by atoms with Crippen molar-refractivity contribution in [3.8, 4) is 0 Å². The van der Waals surface area contributed by atoms with Crippen molar-refractivity contribution in [2.24, 2.45) is 0 Å². The van der Waals surface area contributed by atoms with Gasteiger partial charge in [-0.15, -0.1) is 0 Å². The maximum Gasteiger partial charge on any atom is 0.248 e. The van der Waals surface area contributed by atoms with Crippen LogP contribution in [0.2, 0.25) is 0 Å². The normalized spacial score (nSPS) is 17.3. The van der Waals surface area contributed by atoms with E-state index in [1.807, 2.05) is 80.6 Å². The topological polar surface area (TPSA) is 58.6 Å². The quantitative estimate of drug-likeness (QED) is 0.454. The summed E-state index contributed by atoms with van der Waals surface area (Å²) in [5.74, 6) is -0.232. The number of fused-ring (bicyclic) bond motifs is 1. The highest BCUT2D eigenvalue weighted by Crippen LogP contribution is 2.39. The molecule has 3 aromatic carbocycles. The fourth-order valence-electron chi connectivity index (χ4n) is 3.83. The molecule has 164 valence electrons. The second-order valence-corrected chi connectivity index (χ2v) is 9.25. The average Bonchev–Trinajstić information content (AvgIpc) is 2.86. The minimum absolute atomic E-state index is 0.0266. The van der Waals surface area contributed by atoms with Crippen molar-refractivity contribution in [3.05, 3.63) is 100 Å². The summed E-state index contributed by atoms with van der Waals surface area (Å²) in [4.78, 5) is 32.5. The zero-order chi connectivity index (χ0) is 22.7. The Labute approximate surface area is 196 Å². The summed E-state index contributed by atoms with van der Waals surface area (Å²) in [6, 6.07) is 24.3. The molecule has 32 heavy (non-hydrogen) atoms. The molecule has 0 bridgehead atoms. The first-order valence-corrected chi connectivity index (χ1v) is 11.3. The van der Waals surface area contributed by atoms with Gasteiger partial charge in [0.15, 0.2) is 5.78 Å². The second kappa shape index (κ2) is 9.27. The van der Waals surface area contributed by atoms with Gasteiger partial charge in [0.1, 0.15) is 5.54 Å². The summed E-state index contributed by atoms with van der Waals surface area (Å²) in [5.41, 5.74) is 2.23. The highest BCUT2D eigenvalue weighted by atomic mass is 79.9. The third-order valence-corrected chi connectivity index (χ3v) is 6.14. The molecule has 1 heterocycles. The predicted molar refractivity (Wildman–Crippen MR) is 128 cm³/mol. The lowest BCUT2D eigenvalue weighted by molar-refractivity contribution is -0.129. The SMILES string of the molecule is CC1(C)C(=O)N[C@H](CC(=O)c2ccccc2)c2ccc(Br)cc2N1OCc1ccccc1. The molecule has 1 N–H and O–H groups in total. The van der Waals surface area contributed by atoms with Crippen LogP contribution in [0.15, 0.2) is 83.3 Å². The van der Waals surface area contributed by atoms with Crippen molar-refractivity contribution in [2.45, 2.75) is 38.5 Å². The van der Waals surface area contributed by atoms with Gasteiger partial charge in [-0.25, -0.2) is 5.06 Å². The number of hydrogen-bond donors (Lipinski definition) is 1. The molecular formula is C26H25BrN2O3. The van der Waals surface area contributed by atoms with Crippen molar-refractivity contribution in [3.63, 3.8) is 0 Å². The lowest BCUT2D eigenvalue weighted by atomic mass is 9.97. The van der Waals surface area contributed by atoms with Gasteiger partial charge in [-0.2, -0.15) is 0 Å². The van der Waals surface area contributed by atoms with E-state index in [0.717, 1.165) is 21.3 Å². The number of hydrogen-bond acceptors (Lipinski definition) is 4. The first-order chi connectivity index (χ1) is 15.4. The zero-order valence-corrected chi connectivity index (χ0v) is 19.6. The molecule has 0 spiro atoms. The van der Waals surface area contributed by atoms with Crippen LogP contribution in [-0.4, -0.2) is 17.2 Å². The van der Waals surface area contributed by atoms with Crippen LogP contribution in [0, 0.1) is 0 Å². The number of nitrogens with one attached hydrogen (secondary N) is 1. The number of carbonyl (C=O) groups is 2. The predicted octanol–water partition coefficient (Wildman–Crippen LogP) is 5.61. The number of rotatable bonds is 6. The first kappa shape index (κ1) is 22.2. The number of Topliss-reactive ketones (excluding diaryl/α,β-unsaturated/α-hetero) is 1. The number of halogens is 1. The summed E-state index contributed by atoms with van der Waals surface area (Å²) < 4.78 is 0.864. The molecule has 4 rings (SSSR count). The van der Waals surface area contributed by atoms with Gasteiger partial charge in [-0.3, -0.25) is 14.4 Å². The van der Waals surface area contributed by atoms with Crippen LogP contribution in [0.4, 0.5) is 5.69 Å². The van der Waals surface area contributed by atoms with Gasteiger partial charge in [0, 0.05) is 22.0 Å². The Kier molecular flexibility index (Phi) is 6.44. The summed E-state index contributed by atoms with van der Waals surface area (Å²) >= 11 is 3.55. The molecular weight excluding hydrogens is 468 g/mol. The van der Waals surface area contributed by atoms with E-state index in [2.05, 4.69) is 21.2 Å². The molecule has 0 fully saturated rings. The van der Waals surface area contributed by atoms with Gasteiger partial charge in [0.25, 0.3) is 0 Å². The molecule has 1 amide bonds. The number of amides is 1. The number of hydroxylamine groups is 1. The van der Waals surface area contributed by atoms with Crippen LogP contribution in [0.3, 0.4) is 0 Å². The van der Waals surface area contributed by atoms with Gasteiger partial charge in [0.2, 0.25) is 5.91 Å². The van der Waals surface area contributed by atoms with Crippen molar-refractivity contribution >= 4 is 33.3 Å². The van der Waals surface area contributed by atoms with E-state index in [4.69, 9.17) is 4.84 Å². The Morgan fingerprint density at radius 3 is 2.38 bits per heavy atom. The molecule has 3 aromatic rings. The van der Waals surface area contributed by atoms with Crippen LogP contribution < -0.4 is 10.4 Å². The fourth-order valence-corrected chi connectivity index (χ4v) is 4.17. The second-order valence-electron chi connectivity index (χ2n) is 8.33. The number of anilines is 1. The summed E-state index contributed by atoms with van der Waals surface area (Å²) in [6.45, 7) is 3.95. The third-order valence-electron chi connectivity index (χ3n) is 5.64. The van der Waals surface area contributed by atoms with Gasteiger partial charge in [-0.1, -0.05) is 82.7 Å². The van der Waals surface area contributed by atoms with Crippen LogP contribution >= 0.6 is 15.9 Å². The highest BCUT2D eigenvalue weighted by Gasteiger charge is 2.42. The largest absolute Gasteiger partial charge is 0.347 e. The molecule has 0 unspecified atom stereocenters. The van der Waals surface area contributed by atoms with Gasteiger partial charge in [0.05, 0.1) is 18.3 Å². The average molecular weight is 493 g/mol. The van der Waals surface area contributed by atoms with Crippen molar-refractivity contribution in [2.75, 3.05) is 5.06 Å². The van der Waals surface area contributed by atoms with E-state index in [9.17, 15) is 9.59 Å². The molecule has 0 radical (unpaired) electrons. The van der Waals surface area contributed by atoms with Crippen LogP contribution in [0.5, 0.6) is 0 Å². The number of ketones is 1. The van der Waals surface area contributed by atoms with Crippen molar-refractivity contribution in [1.82, 2.24) is 5.32 Å². The first-order valence-electron chi connectivity index (χ1n) is 10.5. The summed E-state index contributed by atoms with van der Waals surface area (Å²) in [6.07, 6.45) is 0.160. The molecule has 1 aliphatic rings. The Morgan fingerprint density at radius 1 is 1.03 bits per heavy atom. The lowest BCUT2D eigenvalue weighted by Gasteiger charge is -2.36. The van der Waals surface area contributed by atoms with E-state index >= 15 is 0 Å². The lowest BCUT2D eigenvalue weighted by Crippen LogP contribution is -2.53. The van der Waals surface area contributed by atoms with Crippen molar-refractivity contribution < 1.29 is 14.4 Å². The van der Waals surface area contributed by atoms with E-state index in [-0.39, 0.29) is 18.1 Å². The van der Waals surface area contributed by atoms with E-state index in [0.29, 0.717) is 12.2 Å². The van der Waals surface area contributed by atoms with Gasteiger partial charge in [-0.05, 0) is 31.5 Å². The van der Waals surface area contributed by atoms with Crippen LogP contribution in [-0.2, 0) is 16.2 Å². The molecule has 0 aliphatic carbocycles. The summed E-state index contributed by atoms with van der Waals surface area (Å²) in [5, 5.41) is 4.75. The highest BCUT2D eigenvalue weighted by molar-refractivity contribution is 9.10. The molecule has 0 aromatic heterocycles. The minimum atomic E-state index is -0.991. The number of benzene rings is 3. The van der Waals surface area contributed by atoms with E-state index in [1.54, 1.807) is 17.2 Å². The van der Waals surface area contributed by atoms with Crippen LogP contribution in [0.25, 0.3) is 0 Å². The van der Waals surface area contributed by atoms with E-state index < -0.39 is 11.6 Å². The molecule has 6 heteroatoms. The third kappa shape index (κ3) is 4.61. The van der Waals surface area contributed by atoms with E-state index in [1.165, 1.54) is 0 Å². The Hall–Kier alpha value is -2.96. The molecule has 0 saturated carbocycles. The zero-order valence-electron chi connectivity index (χ0n) is 18.0. The Morgan fingerprint density at radius 2 is 1.69 bits per heavy atom. The molecule has 1 atom stereocenters. The Balaban J connectivity index is 1.70.